The minimum absolute atomic E-state index is 0.420. The summed E-state index contributed by atoms with van der Waals surface area (Å²) in [7, 11) is 2.09. The molecule has 0 heterocycles. The molecular weight excluding hydrogens is 244 g/mol. The second-order valence-corrected chi connectivity index (χ2v) is 6.57. The van der Waals surface area contributed by atoms with Crippen molar-refractivity contribution in [2.24, 2.45) is 5.92 Å². The van der Waals surface area contributed by atoms with Crippen LogP contribution in [0.1, 0.15) is 51.6 Å². The van der Waals surface area contributed by atoms with E-state index >= 15 is 0 Å². The molecule has 1 fully saturated rings. The smallest absolute Gasteiger partial charge is 0.0473 e. The summed E-state index contributed by atoms with van der Waals surface area (Å²) in [6.45, 7) is 8.26. The van der Waals surface area contributed by atoms with Gasteiger partial charge in [0.05, 0.1) is 0 Å². The molecule has 0 aliphatic heterocycles. The molecule has 20 heavy (non-hydrogen) atoms. The molecule has 2 heteroatoms. The number of benzene rings is 1. The average Bonchev–Trinajstić information content (AvgIpc) is 3.25. The molecule has 112 valence electrons. The fourth-order valence-electron chi connectivity index (χ4n) is 3.07. The summed E-state index contributed by atoms with van der Waals surface area (Å²) < 4.78 is 0. The number of likely N-dealkylation sites (N-methyl/N-ethyl adjacent to an activating group) is 1. The highest BCUT2D eigenvalue weighted by molar-refractivity contribution is 5.20. The fourth-order valence-corrected chi connectivity index (χ4v) is 3.07. The Labute approximate surface area is 124 Å². The Hall–Kier alpha value is -0.860. The molecule has 1 saturated carbocycles. The molecule has 0 saturated heterocycles. The van der Waals surface area contributed by atoms with Gasteiger partial charge in [-0.25, -0.2) is 0 Å². The van der Waals surface area contributed by atoms with E-state index in [1.165, 1.54) is 31.4 Å². The van der Waals surface area contributed by atoms with E-state index in [1.54, 1.807) is 0 Å². The average molecular weight is 274 g/mol. The van der Waals surface area contributed by atoms with Crippen molar-refractivity contribution in [2.75, 3.05) is 13.6 Å². The van der Waals surface area contributed by atoms with Crippen LogP contribution < -0.4 is 5.32 Å². The third-order valence-electron chi connectivity index (χ3n) is 4.46. The molecule has 0 aromatic heterocycles. The summed E-state index contributed by atoms with van der Waals surface area (Å²) in [5.41, 5.74) is 1.40. The predicted octanol–water partition coefficient (Wildman–Crippen LogP) is 3.85. The number of nitrogens with zero attached hydrogens (tertiary/aromatic N) is 1. The van der Waals surface area contributed by atoms with Crippen LogP contribution in [0, 0.1) is 5.92 Å². The molecule has 2 unspecified atom stereocenters. The van der Waals surface area contributed by atoms with Crippen LogP contribution in [-0.2, 0) is 0 Å². The maximum absolute atomic E-state index is 3.53. The third kappa shape index (κ3) is 4.07. The summed E-state index contributed by atoms with van der Waals surface area (Å²) in [6.07, 6.45) is 4.06. The third-order valence-corrected chi connectivity index (χ3v) is 4.46. The summed E-state index contributed by atoms with van der Waals surface area (Å²) in [6, 6.07) is 12.7. The van der Waals surface area contributed by atoms with Crippen molar-refractivity contribution in [3.8, 4) is 0 Å². The first-order valence-electron chi connectivity index (χ1n) is 8.11. The Bertz CT molecular complexity index is 384. The first kappa shape index (κ1) is 15.5. The minimum atomic E-state index is 0.420. The second kappa shape index (κ2) is 7.24. The quantitative estimate of drug-likeness (QED) is 0.774. The zero-order chi connectivity index (χ0) is 14.5. The molecule has 0 amide bonds. The van der Waals surface area contributed by atoms with Gasteiger partial charge in [0, 0.05) is 18.1 Å². The largest absolute Gasteiger partial charge is 0.312 e. The Morgan fingerprint density at radius 3 is 2.30 bits per heavy atom. The molecule has 2 nitrogen and oxygen atoms in total. The lowest BCUT2D eigenvalue weighted by molar-refractivity contribution is 0.155. The van der Waals surface area contributed by atoms with Crippen LogP contribution in [0.4, 0.5) is 0 Å². The van der Waals surface area contributed by atoms with Gasteiger partial charge in [0.2, 0.25) is 0 Å². The first-order chi connectivity index (χ1) is 9.63. The standard InChI is InChI=1S/C18H30N2/c1-14(2)12-13-20(17-10-11-17)15(3)18(19-4)16-8-6-5-7-9-16/h5-9,14-15,17-19H,10-13H2,1-4H3. The highest BCUT2D eigenvalue weighted by atomic mass is 15.2. The molecule has 1 aromatic carbocycles. The van der Waals surface area contributed by atoms with Crippen LogP contribution in [0.3, 0.4) is 0 Å². The van der Waals surface area contributed by atoms with Crippen molar-refractivity contribution in [2.45, 2.75) is 58.2 Å². The molecule has 1 aliphatic rings. The molecule has 2 atom stereocenters. The van der Waals surface area contributed by atoms with Crippen molar-refractivity contribution < 1.29 is 0 Å². The first-order valence-corrected chi connectivity index (χ1v) is 8.11. The Morgan fingerprint density at radius 2 is 1.80 bits per heavy atom. The zero-order valence-electron chi connectivity index (χ0n) is 13.5. The minimum Gasteiger partial charge on any atom is -0.312 e. The van der Waals surface area contributed by atoms with Gasteiger partial charge in [0.15, 0.2) is 0 Å². The fraction of sp³-hybridized carbons (Fsp3) is 0.667. The van der Waals surface area contributed by atoms with Gasteiger partial charge >= 0.3 is 0 Å². The molecule has 0 bridgehead atoms. The van der Waals surface area contributed by atoms with E-state index in [0.717, 1.165) is 12.0 Å². The summed E-state index contributed by atoms with van der Waals surface area (Å²) in [5.74, 6) is 0.785. The van der Waals surface area contributed by atoms with Gasteiger partial charge in [-0.2, -0.15) is 0 Å². The normalized spacial score (nSPS) is 18.5. The van der Waals surface area contributed by atoms with E-state index in [1.807, 2.05) is 0 Å². The SMILES string of the molecule is CNC(c1ccccc1)C(C)N(CCC(C)C)C1CC1. The maximum atomic E-state index is 3.53. The van der Waals surface area contributed by atoms with Crippen LogP contribution in [-0.4, -0.2) is 30.6 Å². The molecule has 0 spiro atoms. The van der Waals surface area contributed by atoms with E-state index in [2.05, 4.69) is 68.4 Å². The van der Waals surface area contributed by atoms with E-state index in [-0.39, 0.29) is 0 Å². The van der Waals surface area contributed by atoms with Gasteiger partial charge in [-0.05, 0) is 51.3 Å². The Balaban J connectivity index is 2.06. The van der Waals surface area contributed by atoms with E-state index in [0.29, 0.717) is 12.1 Å². The lowest BCUT2D eigenvalue weighted by Gasteiger charge is -2.35. The summed E-state index contributed by atoms with van der Waals surface area (Å²) >= 11 is 0. The zero-order valence-corrected chi connectivity index (χ0v) is 13.5. The van der Waals surface area contributed by atoms with Gasteiger partial charge in [-0.1, -0.05) is 44.2 Å². The summed E-state index contributed by atoms with van der Waals surface area (Å²) in [5, 5.41) is 3.53. The topological polar surface area (TPSA) is 15.3 Å². The number of nitrogens with one attached hydrogen (secondary N) is 1. The summed E-state index contributed by atoms with van der Waals surface area (Å²) in [4.78, 5) is 2.73. The van der Waals surface area contributed by atoms with Gasteiger partial charge in [0.1, 0.15) is 0 Å². The van der Waals surface area contributed by atoms with Crippen LogP contribution >= 0.6 is 0 Å². The van der Waals surface area contributed by atoms with Gasteiger partial charge in [-0.3, -0.25) is 4.90 Å². The van der Waals surface area contributed by atoms with Crippen LogP contribution in [0.5, 0.6) is 0 Å². The monoisotopic (exact) mass is 274 g/mol. The maximum Gasteiger partial charge on any atom is 0.0473 e. The molecular formula is C18H30N2. The molecule has 1 aliphatic carbocycles. The van der Waals surface area contributed by atoms with Gasteiger partial charge in [0.25, 0.3) is 0 Å². The highest BCUT2D eigenvalue weighted by Gasteiger charge is 2.35. The predicted molar refractivity (Wildman–Crippen MR) is 86.9 cm³/mol. The van der Waals surface area contributed by atoms with Crippen molar-refractivity contribution in [1.82, 2.24) is 10.2 Å². The number of hydrogen-bond donors (Lipinski definition) is 1. The lowest BCUT2D eigenvalue weighted by Crippen LogP contribution is -2.44. The van der Waals surface area contributed by atoms with Crippen LogP contribution in [0.15, 0.2) is 30.3 Å². The lowest BCUT2D eigenvalue weighted by atomic mass is 9.98. The second-order valence-electron chi connectivity index (χ2n) is 6.57. The van der Waals surface area contributed by atoms with Crippen molar-refractivity contribution in [3.05, 3.63) is 35.9 Å². The van der Waals surface area contributed by atoms with E-state index in [4.69, 9.17) is 0 Å². The van der Waals surface area contributed by atoms with E-state index in [9.17, 15) is 0 Å². The molecule has 1 aromatic rings. The van der Waals surface area contributed by atoms with Crippen LogP contribution in [0.2, 0.25) is 0 Å². The van der Waals surface area contributed by atoms with Gasteiger partial charge < -0.3 is 5.32 Å². The highest BCUT2D eigenvalue weighted by Crippen LogP contribution is 2.33. The number of rotatable bonds is 8. The van der Waals surface area contributed by atoms with Crippen LogP contribution in [0.25, 0.3) is 0 Å². The van der Waals surface area contributed by atoms with Gasteiger partial charge in [-0.15, -0.1) is 0 Å². The molecule has 1 N–H and O–H groups in total. The van der Waals surface area contributed by atoms with Crippen molar-refractivity contribution >= 4 is 0 Å². The number of hydrogen-bond acceptors (Lipinski definition) is 2. The van der Waals surface area contributed by atoms with E-state index < -0.39 is 0 Å². The Morgan fingerprint density at radius 1 is 1.15 bits per heavy atom. The molecule has 0 radical (unpaired) electrons. The van der Waals surface area contributed by atoms with Crippen molar-refractivity contribution in [3.63, 3.8) is 0 Å². The molecule has 2 rings (SSSR count). The van der Waals surface area contributed by atoms with Crippen molar-refractivity contribution in [1.29, 1.82) is 0 Å². The Kier molecular flexibility index (Phi) is 5.62.